The molecule has 0 unspecified atom stereocenters. The number of nitrogens with zero attached hydrogens (tertiary/aromatic N) is 1. The van der Waals surface area contributed by atoms with Crippen molar-refractivity contribution in [3.63, 3.8) is 0 Å². The maximum Gasteiger partial charge on any atom is 0.292 e. The van der Waals surface area contributed by atoms with Crippen LogP contribution in [-0.2, 0) is 9.53 Å². The van der Waals surface area contributed by atoms with Crippen molar-refractivity contribution < 1.29 is 9.53 Å². The fraction of sp³-hybridized carbons (Fsp3) is 0.100. The normalized spacial score (nSPS) is 14.2. The Morgan fingerprint density at radius 2 is 1.88 bits per heavy atom. The largest absolute Gasteiger partial charge is 0.486 e. The molecule has 0 saturated heterocycles. The van der Waals surface area contributed by atoms with Gasteiger partial charge in [-0.25, -0.2) is 0 Å². The molecule has 0 aliphatic carbocycles. The molecular weight excluding hydrogens is 332 g/mol. The molecule has 2 heterocycles. The second-order valence-electron chi connectivity index (χ2n) is 5.56. The lowest BCUT2D eigenvalue weighted by molar-refractivity contribution is -0.115. The lowest BCUT2D eigenvalue weighted by Crippen LogP contribution is -2.21. The number of carbonyl (C=O) groups is 1. The van der Waals surface area contributed by atoms with Crippen molar-refractivity contribution in [2.45, 2.75) is 0 Å². The van der Waals surface area contributed by atoms with E-state index in [-0.39, 0.29) is 5.91 Å². The molecule has 0 fully saturated rings. The SMILES string of the molecule is O=C(Nc1cccc2cccnc12)C1=C(c2ccccc2)SCCO1. The van der Waals surface area contributed by atoms with Crippen LogP contribution in [0.1, 0.15) is 5.56 Å². The van der Waals surface area contributed by atoms with Crippen LogP contribution >= 0.6 is 11.8 Å². The van der Waals surface area contributed by atoms with E-state index in [2.05, 4.69) is 10.3 Å². The maximum absolute atomic E-state index is 12.9. The summed E-state index contributed by atoms with van der Waals surface area (Å²) < 4.78 is 5.72. The minimum absolute atomic E-state index is 0.246. The van der Waals surface area contributed by atoms with Gasteiger partial charge in [-0.05, 0) is 17.7 Å². The van der Waals surface area contributed by atoms with Crippen molar-refractivity contribution in [1.29, 1.82) is 0 Å². The van der Waals surface area contributed by atoms with Crippen LogP contribution in [0, 0.1) is 0 Å². The molecule has 1 N–H and O–H groups in total. The molecule has 0 bridgehead atoms. The number of anilines is 1. The Bertz CT molecular complexity index is 949. The zero-order valence-corrected chi connectivity index (χ0v) is 14.3. The van der Waals surface area contributed by atoms with E-state index >= 15 is 0 Å². The summed E-state index contributed by atoms with van der Waals surface area (Å²) in [6.45, 7) is 0.525. The standard InChI is InChI=1S/C20H16N2O2S/c23-20(22-16-10-4-8-14-9-5-11-21-17(14)16)18-19(25-13-12-24-18)15-6-2-1-3-7-15/h1-11H,12-13H2,(H,22,23). The number of carbonyl (C=O) groups excluding carboxylic acids is 1. The number of amides is 1. The molecule has 4 rings (SSSR count). The number of aromatic nitrogens is 1. The summed E-state index contributed by atoms with van der Waals surface area (Å²) >= 11 is 1.65. The van der Waals surface area contributed by atoms with Gasteiger partial charge in [0.2, 0.25) is 0 Å². The van der Waals surface area contributed by atoms with E-state index in [1.165, 1.54) is 0 Å². The van der Waals surface area contributed by atoms with Gasteiger partial charge in [0.15, 0.2) is 5.76 Å². The highest BCUT2D eigenvalue weighted by atomic mass is 32.2. The number of thioether (sulfide) groups is 1. The van der Waals surface area contributed by atoms with Crippen molar-refractivity contribution in [3.8, 4) is 0 Å². The molecule has 1 aromatic heterocycles. The van der Waals surface area contributed by atoms with E-state index in [9.17, 15) is 4.79 Å². The van der Waals surface area contributed by atoms with E-state index in [0.717, 1.165) is 27.1 Å². The zero-order chi connectivity index (χ0) is 17.1. The molecule has 2 aromatic carbocycles. The van der Waals surface area contributed by atoms with Gasteiger partial charge in [0.05, 0.1) is 22.7 Å². The zero-order valence-electron chi connectivity index (χ0n) is 13.4. The number of hydrogen-bond acceptors (Lipinski definition) is 4. The molecule has 124 valence electrons. The van der Waals surface area contributed by atoms with Gasteiger partial charge < -0.3 is 10.1 Å². The predicted octanol–water partition coefficient (Wildman–Crippen LogP) is 4.31. The Hall–Kier alpha value is -2.79. The van der Waals surface area contributed by atoms with Gasteiger partial charge in [0.25, 0.3) is 5.91 Å². The lowest BCUT2D eigenvalue weighted by atomic mass is 10.1. The molecule has 0 atom stereocenters. The van der Waals surface area contributed by atoms with Crippen molar-refractivity contribution in [1.82, 2.24) is 4.98 Å². The molecule has 0 radical (unpaired) electrons. The summed E-state index contributed by atoms with van der Waals surface area (Å²) in [7, 11) is 0. The average Bonchev–Trinajstić information content (AvgIpc) is 2.69. The molecule has 3 aromatic rings. The smallest absolute Gasteiger partial charge is 0.292 e. The minimum atomic E-state index is -0.246. The molecule has 4 nitrogen and oxygen atoms in total. The Morgan fingerprint density at radius 1 is 1.04 bits per heavy atom. The van der Waals surface area contributed by atoms with Gasteiger partial charge in [0, 0.05) is 17.3 Å². The first-order chi connectivity index (χ1) is 12.3. The summed E-state index contributed by atoms with van der Waals surface area (Å²) in [6.07, 6.45) is 1.72. The molecular formula is C20H16N2O2S. The van der Waals surface area contributed by atoms with E-state index in [4.69, 9.17) is 4.74 Å². The van der Waals surface area contributed by atoms with E-state index < -0.39 is 0 Å². The van der Waals surface area contributed by atoms with E-state index in [0.29, 0.717) is 18.1 Å². The van der Waals surface area contributed by atoms with Crippen LogP contribution < -0.4 is 5.32 Å². The highest BCUT2D eigenvalue weighted by Crippen LogP contribution is 2.35. The first kappa shape index (κ1) is 15.7. The maximum atomic E-state index is 12.9. The fourth-order valence-corrected chi connectivity index (χ4v) is 3.73. The second-order valence-corrected chi connectivity index (χ2v) is 6.66. The summed E-state index contributed by atoms with van der Waals surface area (Å²) in [5.74, 6) is 0.955. The van der Waals surface area contributed by atoms with Crippen LogP contribution in [0.15, 0.2) is 72.6 Å². The Balaban J connectivity index is 1.70. The Labute approximate surface area is 149 Å². The predicted molar refractivity (Wildman–Crippen MR) is 102 cm³/mol. The van der Waals surface area contributed by atoms with Gasteiger partial charge in [-0.3, -0.25) is 9.78 Å². The molecule has 1 amide bonds. The number of ether oxygens (including phenoxy) is 1. The highest BCUT2D eigenvalue weighted by molar-refractivity contribution is 8.08. The van der Waals surface area contributed by atoms with Crippen molar-refractivity contribution in [3.05, 3.63) is 78.2 Å². The number of rotatable bonds is 3. The molecule has 1 aliphatic rings. The third-order valence-corrected chi connectivity index (χ3v) is 4.99. The van der Waals surface area contributed by atoms with Gasteiger partial charge in [-0.1, -0.05) is 48.5 Å². The van der Waals surface area contributed by atoms with E-state index in [1.807, 2.05) is 60.7 Å². The Morgan fingerprint density at radius 3 is 2.76 bits per heavy atom. The van der Waals surface area contributed by atoms with Gasteiger partial charge in [0.1, 0.15) is 0 Å². The van der Waals surface area contributed by atoms with Gasteiger partial charge in [-0.15, -0.1) is 11.8 Å². The summed E-state index contributed by atoms with van der Waals surface area (Å²) in [5, 5.41) is 3.94. The number of nitrogens with one attached hydrogen (secondary N) is 1. The quantitative estimate of drug-likeness (QED) is 0.766. The molecule has 0 saturated carbocycles. The van der Waals surface area contributed by atoms with Crippen molar-refractivity contribution in [2.75, 3.05) is 17.7 Å². The monoisotopic (exact) mass is 348 g/mol. The van der Waals surface area contributed by atoms with Crippen molar-refractivity contribution >= 4 is 39.2 Å². The van der Waals surface area contributed by atoms with Gasteiger partial charge in [-0.2, -0.15) is 0 Å². The van der Waals surface area contributed by atoms with Crippen LogP contribution in [0.25, 0.3) is 15.8 Å². The number of pyridine rings is 1. The van der Waals surface area contributed by atoms with Crippen LogP contribution in [0.2, 0.25) is 0 Å². The Kier molecular flexibility index (Phi) is 4.39. The lowest BCUT2D eigenvalue weighted by Gasteiger charge is -2.20. The first-order valence-electron chi connectivity index (χ1n) is 8.03. The second kappa shape index (κ2) is 6.99. The van der Waals surface area contributed by atoms with Crippen LogP contribution in [0.5, 0.6) is 0 Å². The topological polar surface area (TPSA) is 51.2 Å². The number of benzene rings is 2. The highest BCUT2D eigenvalue weighted by Gasteiger charge is 2.23. The minimum Gasteiger partial charge on any atom is -0.486 e. The third-order valence-electron chi connectivity index (χ3n) is 3.91. The molecule has 1 aliphatic heterocycles. The molecule has 5 heteroatoms. The summed E-state index contributed by atoms with van der Waals surface area (Å²) in [5.41, 5.74) is 2.44. The van der Waals surface area contributed by atoms with Crippen LogP contribution in [0.4, 0.5) is 5.69 Å². The summed E-state index contributed by atoms with van der Waals surface area (Å²) in [4.78, 5) is 18.1. The summed E-state index contributed by atoms with van der Waals surface area (Å²) in [6, 6.07) is 19.4. The number of fused-ring (bicyclic) bond motifs is 1. The average molecular weight is 348 g/mol. The van der Waals surface area contributed by atoms with Crippen LogP contribution in [0.3, 0.4) is 0 Å². The van der Waals surface area contributed by atoms with E-state index in [1.54, 1.807) is 18.0 Å². The number of hydrogen-bond donors (Lipinski definition) is 1. The third kappa shape index (κ3) is 3.23. The molecule has 25 heavy (non-hydrogen) atoms. The van der Waals surface area contributed by atoms with Gasteiger partial charge >= 0.3 is 0 Å². The molecule has 0 spiro atoms. The van der Waals surface area contributed by atoms with Crippen LogP contribution in [-0.4, -0.2) is 23.3 Å². The fourth-order valence-electron chi connectivity index (χ4n) is 2.78. The first-order valence-corrected chi connectivity index (χ1v) is 9.02. The van der Waals surface area contributed by atoms with Crippen molar-refractivity contribution in [2.24, 2.45) is 0 Å². The number of para-hydroxylation sites is 1.